The molecule has 3 rings (SSSR count). The summed E-state index contributed by atoms with van der Waals surface area (Å²) in [5.41, 5.74) is 1.37. The Morgan fingerprint density at radius 3 is 2.76 bits per heavy atom. The van der Waals surface area contributed by atoms with Crippen molar-refractivity contribution in [2.45, 2.75) is 30.4 Å². The summed E-state index contributed by atoms with van der Waals surface area (Å²) in [6.07, 6.45) is 1.65. The molecule has 0 saturated heterocycles. The molecule has 0 spiro atoms. The Balaban J connectivity index is 1.78. The number of carbonyl (C=O) groups excluding carboxylic acids is 1. The lowest BCUT2D eigenvalue weighted by Gasteiger charge is -2.16. The first kappa shape index (κ1) is 20.7. The monoisotopic (exact) mass is 409 g/mol. The molecular weight excluding hydrogens is 386 g/mol. The molecule has 0 aliphatic heterocycles. The fourth-order valence-corrected chi connectivity index (χ4v) is 3.86. The Morgan fingerprint density at radius 1 is 1.28 bits per heavy atom. The number of ether oxygens (including phenoxy) is 1. The highest BCUT2D eigenvalue weighted by atomic mass is 32.2. The Bertz CT molecular complexity index is 1090. The number of amides is 1. The van der Waals surface area contributed by atoms with Crippen LogP contribution in [0.2, 0.25) is 0 Å². The van der Waals surface area contributed by atoms with Gasteiger partial charge in [-0.15, -0.1) is 6.58 Å². The number of thioether (sulfide) groups is 1. The van der Waals surface area contributed by atoms with E-state index in [-0.39, 0.29) is 11.5 Å². The second kappa shape index (κ2) is 9.43. The molecule has 1 amide bonds. The van der Waals surface area contributed by atoms with Gasteiger partial charge in [-0.05, 0) is 25.1 Å². The number of methoxy groups -OCH3 is 1. The Labute approximate surface area is 173 Å². The highest BCUT2D eigenvalue weighted by Gasteiger charge is 2.19. The van der Waals surface area contributed by atoms with Gasteiger partial charge in [-0.1, -0.05) is 48.2 Å². The molecule has 0 unspecified atom stereocenters. The van der Waals surface area contributed by atoms with Gasteiger partial charge in [0.2, 0.25) is 5.91 Å². The number of carbonyl (C=O) groups is 1. The van der Waals surface area contributed by atoms with E-state index in [1.807, 2.05) is 36.4 Å². The molecule has 3 aromatic rings. The van der Waals surface area contributed by atoms with E-state index in [9.17, 15) is 9.59 Å². The van der Waals surface area contributed by atoms with E-state index in [2.05, 4.69) is 16.9 Å². The number of nitrogens with one attached hydrogen (secondary N) is 1. The third-order valence-electron chi connectivity index (χ3n) is 4.44. The summed E-state index contributed by atoms with van der Waals surface area (Å²) in [5, 5.41) is 3.53. The summed E-state index contributed by atoms with van der Waals surface area (Å²) in [7, 11) is 1.60. The maximum Gasteiger partial charge on any atom is 0.262 e. The third-order valence-corrected chi connectivity index (χ3v) is 5.53. The number of fused-ring (bicyclic) bond motifs is 1. The lowest BCUT2D eigenvalue weighted by atomic mass is 10.2. The zero-order valence-corrected chi connectivity index (χ0v) is 17.2. The molecule has 0 saturated carbocycles. The van der Waals surface area contributed by atoms with Gasteiger partial charge in [0, 0.05) is 18.7 Å². The minimum absolute atomic E-state index is 0.139. The zero-order valence-electron chi connectivity index (χ0n) is 16.4. The molecule has 1 aromatic heterocycles. The molecule has 0 aliphatic rings. The number of hydrogen-bond acceptors (Lipinski definition) is 5. The van der Waals surface area contributed by atoms with Gasteiger partial charge in [0.25, 0.3) is 5.56 Å². The average molecular weight is 410 g/mol. The topological polar surface area (TPSA) is 73.2 Å². The second-order valence-electron chi connectivity index (χ2n) is 6.41. The normalized spacial score (nSPS) is 11.8. The summed E-state index contributed by atoms with van der Waals surface area (Å²) >= 11 is 1.25. The van der Waals surface area contributed by atoms with E-state index in [4.69, 9.17) is 4.74 Å². The van der Waals surface area contributed by atoms with Crippen molar-refractivity contribution >= 4 is 28.6 Å². The minimum atomic E-state index is -0.436. The number of hydrogen-bond donors (Lipinski definition) is 1. The number of nitrogens with zero attached hydrogens (tertiary/aromatic N) is 2. The molecule has 150 valence electrons. The van der Waals surface area contributed by atoms with Crippen LogP contribution in [0.5, 0.6) is 5.75 Å². The SMILES string of the molecule is C=CCn1c(S[C@@H](C)C(=O)NCc2ccccc2OC)nc2ccccc2c1=O. The van der Waals surface area contributed by atoms with Crippen molar-refractivity contribution in [1.82, 2.24) is 14.9 Å². The van der Waals surface area contributed by atoms with Crippen LogP contribution in [0.4, 0.5) is 0 Å². The van der Waals surface area contributed by atoms with Crippen molar-refractivity contribution in [1.29, 1.82) is 0 Å². The van der Waals surface area contributed by atoms with Gasteiger partial charge >= 0.3 is 0 Å². The van der Waals surface area contributed by atoms with Gasteiger partial charge in [-0.3, -0.25) is 14.2 Å². The standard InChI is InChI=1S/C22H23N3O3S/c1-4-13-25-21(27)17-10-6-7-11-18(17)24-22(25)29-15(2)20(26)23-14-16-9-5-8-12-19(16)28-3/h4-12,15H,1,13-14H2,2-3H3,(H,23,26)/t15-/m0/s1. The number of allylic oxidation sites excluding steroid dienone is 1. The van der Waals surface area contributed by atoms with E-state index >= 15 is 0 Å². The van der Waals surface area contributed by atoms with Crippen molar-refractivity contribution in [2.24, 2.45) is 0 Å². The van der Waals surface area contributed by atoms with Crippen LogP contribution < -0.4 is 15.6 Å². The second-order valence-corrected chi connectivity index (χ2v) is 7.71. The zero-order chi connectivity index (χ0) is 20.8. The molecule has 2 aromatic carbocycles. The molecule has 6 nitrogen and oxygen atoms in total. The van der Waals surface area contributed by atoms with Crippen LogP contribution in [-0.4, -0.2) is 27.8 Å². The summed E-state index contributed by atoms with van der Waals surface area (Å²) in [4.78, 5) is 30.0. The van der Waals surface area contributed by atoms with Crippen molar-refractivity contribution in [2.75, 3.05) is 7.11 Å². The molecular formula is C22H23N3O3S. The first-order valence-electron chi connectivity index (χ1n) is 9.22. The fourth-order valence-electron chi connectivity index (χ4n) is 2.91. The van der Waals surface area contributed by atoms with Gasteiger partial charge in [0.05, 0.1) is 23.3 Å². The molecule has 0 aliphatic carbocycles. The predicted molar refractivity (Wildman–Crippen MR) is 116 cm³/mol. The molecule has 0 bridgehead atoms. The Morgan fingerprint density at radius 2 is 2.00 bits per heavy atom. The van der Waals surface area contributed by atoms with Gasteiger partial charge in [-0.2, -0.15) is 0 Å². The lowest BCUT2D eigenvalue weighted by molar-refractivity contribution is -0.120. The van der Waals surface area contributed by atoms with Crippen LogP contribution in [0.15, 0.2) is 71.1 Å². The van der Waals surface area contributed by atoms with Gasteiger partial charge in [0.1, 0.15) is 5.75 Å². The molecule has 1 atom stereocenters. The third kappa shape index (κ3) is 4.68. The molecule has 0 fully saturated rings. The van der Waals surface area contributed by atoms with Crippen LogP contribution in [0.3, 0.4) is 0 Å². The number of aromatic nitrogens is 2. The van der Waals surface area contributed by atoms with Crippen LogP contribution in [0, 0.1) is 0 Å². The smallest absolute Gasteiger partial charge is 0.262 e. The van der Waals surface area contributed by atoms with Crippen LogP contribution >= 0.6 is 11.8 Å². The summed E-state index contributed by atoms with van der Waals surface area (Å²) in [5.74, 6) is 0.581. The van der Waals surface area contributed by atoms with Crippen LogP contribution in [0.1, 0.15) is 12.5 Å². The molecule has 1 heterocycles. The van der Waals surface area contributed by atoms with Crippen molar-refractivity contribution in [3.63, 3.8) is 0 Å². The quantitative estimate of drug-likeness (QED) is 0.351. The molecule has 7 heteroatoms. The highest BCUT2D eigenvalue weighted by molar-refractivity contribution is 8.00. The first-order chi connectivity index (χ1) is 14.0. The minimum Gasteiger partial charge on any atom is -0.496 e. The lowest BCUT2D eigenvalue weighted by Crippen LogP contribution is -2.31. The van der Waals surface area contributed by atoms with E-state index in [1.165, 1.54) is 11.8 Å². The van der Waals surface area contributed by atoms with Crippen molar-refractivity contribution in [3.8, 4) is 5.75 Å². The fraction of sp³-hybridized carbons (Fsp3) is 0.227. The van der Waals surface area contributed by atoms with E-state index in [0.29, 0.717) is 29.1 Å². The predicted octanol–water partition coefficient (Wildman–Crippen LogP) is 3.39. The summed E-state index contributed by atoms with van der Waals surface area (Å²) in [6, 6.07) is 14.7. The van der Waals surface area contributed by atoms with Gasteiger partial charge in [-0.25, -0.2) is 4.98 Å². The molecule has 0 radical (unpaired) electrons. The average Bonchev–Trinajstić information content (AvgIpc) is 2.74. The summed E-state index contributed by atoms with van der Waals surface area (Å²) in [6.45, 7) is 6.20. The molecule has 1 N–H and O–H groups in total. The number of benzene rings is 2. The first-order valence-corrected chi connectivity index (χ1v) is 10.1. The van der Waals surface area contributed by atoms with Gasteiger partial charge in [0.15, 0.2) is 5.16 Å². The Hall–Kier alpha value is -3.06. The van der Waals surface area contributed by atoms with Crippen molar-refractivity contribution < 1.29 is 9.53 Å². The highest BCUT2D eigenvalue weighted by Crippen LogP contribution is 2.23. The van der Waals surface area contributed by atoms with Gasteiger partial charge < -0.3 is 10.1 Å². The maximum atomic E-state index is 12.8. The van der Waals surface area contributed by atoms with Crippen LogP contribution in [0.25, 0.3) is 10.9 Å². The molecule has 29 heavy (non-hydrogen) atoms. The van der Waals surface area contributed by atoms with E-state index in [1.54, 1.807) is 36.8 Å². The Kier molecular flexibility index (Phi) is 6.72. The van der Waals surface area contributed by atoms with Crippen molar-refractivity contribution in [3.05, 3.63) is 77.1 Å². The largest absolute Gasteiger partial charge is 0.496 e. The number of para-hydroxylation sites is 2. The number of rotatable bonds is 8. The van der Waals surface area contributed by atoms with E-state index in [0.717, 1.165) is 11.3 Å². The van der Waals surface area contributed by atoms with E-state index < -0.39 is 5.25 Å². The van der Waals surface area contributed by atoms with Crippen LogP contribution in [-0.2, 0) is 17.9 Å². The summed E-state index contributed by atoms with van der Waals surface area (Å²) < 4.78 is 6.86. The maximum absolute atomic E-state index is 12.8.